The van der Waals surface area contributed by atoms with Gasteiger partial charge in [0.05, 0.1) is 11.4 Å². The van der Waals surface area contributed by atoms with Crippen LogP contribution in [-0.2, 0) is 14.8 Å². The fraction of sp³-hybridized carbons (Fsp3) is 0.500. The average molecular weight is 334 g/mol. The molecule has 0 saturated carbocycles. The van der Waals surface area contributed by atoms with Crippen LogP contribution >= 0.6 is 11.3 Å². The summed E-state index contributed by atoms with van der Waals surface area (Å²) in [6.45, 7) is 3.60. The molecule has 0 radical (unpaired) electrons. The first-order valence-electron chi connectivity index (χ1n) is 6.27. The molecule has 7 nitrogen and oxygen atoms in total. The second-order valence-corrected chi connectivity index (χ2v) is 7.72. The van der Waals surface area contributed by atoms with E-state index in [-0.39, 0.29) is 16.3 Å². The maximum Gasteiger partial charge on any atom is 0.345 e. The lowest BCUT2D eigenvalue weighted by Gasteiger charge is -2.16. The molecular weight excluding hydrogens is 316 g/mol. The van der Waals surface area contributed by atoms with Crippen LogP contribution in [0.2, 0.25) is 0 Å². The minimum atomic E-state index is -3.88. The van der Waals surface area contributed by atoms with Crippen molar-refractivity contribution >= 4 is 33.2 Å². The maximum atomic E-state index is 12.4. The third-order valence-corrected chi connectivity index (χ3v) is 5.81. The Labute approximate surface area is 127 Å². The summed E-state index contributed by atoms with van der Waals surface area (Å²) in [5, 5.41) is 11.5. The van der Waals surface area contributed by atoms with E-state index in [4.69, 9.17) is 5.11 Å². The standard InChI is InChI=1S/C12H18N2O5S2/c1-4-5-13-11(15)7-14(3)21(18,19)10-6-9(12(16)17)20-8(10)2/h6H,4-5,7H2,1-3H3,(H,13,15)(H,16,17). The number of hydrogen-bond donors (Lipinski definition) is 2. The van der Waals surface area contributed by atoms with Crippen molar-refractivity contribution in [1.29, 1.82) is 0 Å². The highest BCUT2D eigenvalue weighted by molar-refractivity contribution is 7.89. The first kappa shape index (κ1) is 17.6. The summed E-state index contributed by atoms with van der Waals surface area (Å²) < 4.78 is 25.6. The van der Waals surface area contributed by atoms with Gasteiger partial charge in [0.25, 0.3) is 0 Å². The molecule has 2 N–H and O–H groups in total. The molecule has 0 aromatic carbocycles. The molecule has 0 unspecified atom stereocenters. The Morgan fingerprint density at radius 1 is 1.43 bits per heavy atom. The molecule has 0 aliphatic heterocycles. The molecule has 1 heterocycles. The van der Waals surface area contributed by atoms with E-state index in [1.807, 2.05) is 6.92 Å². The van der Waals surface area contributed by atoms with Gasteiger partial charge < -0.3 is 10.4 Å². The van der Waals surface area contributed by atoms with Crippen LogP contribution in [-0.4, -0.2) is 49.8 Å². The molecule has 9 heteroatoms. The number of nitrogens with one attached hydrogen (secondary N) is 1. The number of sulfonamides is 1. The smallest absolute Gasteiger partial charge is 0.345 e. The fourth-order valence-electron chi connectivity index (χ4n) is 1.60. The van der Waals surface area contributed by atoms with Crippen molar-refractivity contribution in [2.45, 2.75) is 25.2 Å². The average Bonchev–Trinajstić information content (AvgIpc) is 2.79. The summed E-state index contributed by atoms with van der Waals surface area (Å²) in [7, 11) is -2.59. The minimum absolute atomic E-state index is 0.0464. The number of aryl methyl sites for hydroxylation is 1. The number of aromatic carboxylic acids is 1. The zero-order valence-electron chi connectivity index (χ0n) is 12.0. The first-order valence-corrected chi connectivity index (χ1v) is 8.52. The number of carboxylic acid groups (broad SMARTS) is 1. The Balaban J connectivity index is 2.94. The normalized spacial score (nSPS) is 11.6. The van der Waals surface area contributed by atoms with Crippen LogP contribution in [0.25, 0.3) is 0 Å². The van der Waals surface area contributed by atoms with Gasteiger partial charge in [-0.05, 0) is 19.4 Å². The number of hydrogen-bond acceptors (Lipinski definition) is 5. The van der Waals surface area contributed by atoms with Crippen molar-refractivity contribution in [2.75, 3.05) is 20.1 Å². The molecule has 0 bridgehead atoms. The van der Waals surface area contributed by atoms with Gasteiger partial charge in [0.2, 0.25) is 15.9 Å². The topological polar surface area (TPSA) is 104 Å². The molecule has 0 atom stereocenters. The van der Waals surface area contributed by atoms with E-state index in [1.54, 1.807) is 0 Å². The molecule has 0 aliphatic carbocycles. The number of carbonyl (C=O) groups is 2. The van der Waals surface area contributed by atoms with Crippen molar-refractivity contribution in [1.82, 2.24) is 9.62 Å². The van der Waals surface area contributed by atoms with E-state index < -0.39 is 21.9 Å². The Hall–Kier alpha value is -1.45. The molecular formula is C12H18N2O5S2. The van der Waals surface area contributed by atoms with E-state index >= 15 is 0 Å². The van der Waals surface area contributed by atoms with Crippen LogP contribution in [0.1, 0.15) is 27.9 Å². The number of likely N-dealkylation sites (N-methyl/N-ethyl adjacent to an activating group) is 1. The molecule has 21 heavy (non-hydrogen) atoms. The monoisotopic (exact) mass is 334 g/mol. The van der Waals surface area contributed by atoms with Gasteiger partial charge >= 0.3 is 5.97 Å². The summed E-state index contributed by atoms with van der Waals surface area (Å²) in [4.78, 5) is 22.7. The highest BCUT2D eigenvalue weighted by Gasteiger charge is 2.27. The quantitative estimate of drug-likeness (QED) is 0.771. The minimum Gasteiger partial charge on any atom is -0.477 e. The molecule has 1 aromatic heterocycles. The summed E-state index contributed by atoms with van der Waals surface area (Å²) in [6.07, 6.45) is 0.758. The third-order valence-electron chi connectivity index (χ3n) is 2.71. The number of nitrogens with zero attached hydrogens (tertiary/aromatic N) is 1. The molecule has 118 valence electrons. The lowest BCUT2D eigenvalue weighted by atomic mass is 10.4. The highest BCUT2D eigenvalue weighted by atomic mass is 32.2. The fourth-order valence-corrected chi connectivity index (χ4v) is 4.12. The predicted octanol–water partition coefficient (Wildman–Crippen LogP) is 0.901. The third kappa shape index (κ3) is 4.26. The van der Waals surface area contributed by atoms with Crippen molar-refractivity contribution in [3.05, 3.63) is 15.8 Å². The lowest BCUT2D eigenvalue weighted by molar-refractivity contribution is -0.121. The molecule has 0 aliphatic rings. The molecule has 0 fully saturated rings. The molecule has 1 rings (SSSR count). The van der Waals surface area contributed by atoms with Gasteiger partial charge in [0.1, 0.15) is 4.88 Å². The predicted molar refractivity (Wildman–Crippen MR) is 79.1 cm³/mol. The molecule has 0 saturated heterocycles. The van der Waals surface area contributed by atoms with Crippen molar-refractivity contribution in [3.8, 4) is 0 Å². The Bertz CT molecular complexity index is 636. The number of thiophene rings is 1. The van der Waals surface area contributed by atoms with Gasteiger partial charge in [-0.15, -0.1) is 11.3 Å². The summed E-state index contributed by atoms with van der Waals surface area (Å²) >= 11 is 0.894. The van der Waals surface area contributed by atoms with E-state index in [1.165, 1.54) is 14.0 Å². The van der Waals surface area contributed by atoms with Gasteiger partial charge in [0, 0.05) is 18.5 Å². The zero-order valence-corrected chi connectivity index (χ0v) is 13.7. The van der Waals surface area contributed by atoms with E-state index in [9.17, 15) is 18.0 Å². The number of rotatable bonds is 7. The van der Waals surface area contributed by atoms with Crippen LogP contribution in [0.15, 0.2) is 11.0 Å². The Morgan fingerprint density at radius 2 is 2.05 bits per heavy atom. The van der Waals surface area contributed by atoms with E-state index in [0.29, 0.717) is 11.4 Å². The van der Waals surface area contributed by atoms with E-state index in [2.05, 4.69) is 5.32 Å². The van der Waals surface area contributed by atoms with Gasteiger partial charge in [-0.3, -0.25) is 4.79 Å². The van der Waals surface area contributed by atoms with Crippen LogP contribution in [0.3, 0.4) is 0 Å². The van der Waals surface area contributed by atoms with Crippen LogP contribution in [0, 0.1) is 6.92 Å². The summed E-state index contributed by atoms with van der Waals surface area (Å²) in [6, 6.07) is 1.12. The van der Waals surface area contributed by atoms with Gasteiger partial charge in [-0.2, -0.15) is 4.31 Å². The van der Waals surface area contributed by atoms with Gasteiger partial charge in [-0.25, -0.2) is 13.2 Å². The Kier molecular flexibility index (Phi) is 5.87. The zero-order chi connectivity index (χ0) is 16.2. The van der Waals surface area contributed by atoms with Crippen molar-refractivity contribution in [3.63, 3.8) is 0 Å². The number of carboxylic acids is 1. The number of carbonyl (C=O) groups excluding carboxylic acids is 1. The second kappa shape index (κ2) is 7.01. The van der Waals surface area contributed by atoms with Gasteiger partial charge in [0.15, 0.2) is 0 Å². The van der Waals surface area contributed by atoms with Crippen LogP contribution in [0.4, 0.5) is 0 Å². The van der Waals surface area contributed by atoms with Crippen LogP contribution in [0.5, 0.6) is 0 Å². The first-order chi connectivity index (χ1) is 9.70. The summed E-state index contributed by atoms with van der Waals surface area (Å²) in [5.74, 6) is -1.57. The van der Waals surface area contributed by atoms with Crippen molar-refractivity contribution < 1.29 is 23.1 Å². The maximum absolute atomic E-state index is 12.4. The van der Waals surface area contributed by atoms with Gasteiger partial charge in [-0.1, -0.05) is 6.92 Å². The van der Waals surface area contributed by atoms with E-state index in [0.717, 1.165) is 28.1 Å². The lowest BCUT2D eigenvalue weighted by Crippen LogP contribution is -2.38. The summed E-state index contributed by atoms with van der Waals surface area (Å²) in [5.41, 5.74) is 0. The van der Waals surface area contributed by atoms with Crippen LogP contribution < -0.4 is 5.32 Å². The van der Waals surface area contributed by atoms with Crippen molar-refractivity contribution in [2.24, 2.45) is 0 Å². The largest absolute Gasteiger partial charge is 0.477 e. The molecule has 0 spiro atoms. The Morgan fingerprint density at radius 3 is 2.52 bits per heavy atom. The second-order valence-electron chi connectivity index (χ2n) is 4.45. The number of amides is 1. The SMILES string of the molecule is CCCNC(=O)CN(C)S(=O)(=O)c1cc(C(=O)O)sc1C. The molecule has 1 aromatic rings. The molecule has 1 amide bonds. The highest BCUT2D eigenvalue weighted by Crippen LogP contribution is 2.27.